The van der Waals surface area contributed by atoms with Gasteiger partial charge in [-0.25, -0.2) is 0 Å². The summed E-state index contributed by atoms with van der Waals surface area (Å²) in [4.78, 5) is 23.8. The second kappa shape index (κ2) is 11.6. The van der Waals surface area contributed by atoms with Crippen molar-refractivity contribution < 1.29 is 28.1 Å². The molecule has 0 fully saturated rings. The van der Waals surface area contributed by atoms with Crippen LogP contribution in [0.4, 0.5) is 0 Å². The van der Waals surface area contributed by atoms with E-state index < -0.39 is 0 Å². The summed E-state index contributed by atoms with van der Waals surface area (Å²) in [5.74, 6) is -0.103. The Bertz CT molecular complexity index is 553. The number of nitrogens with one attached hydrogen (secondary N) is 2. The van der Waals surface area contributed by atoms with Gasteiger partial charge in [0.05, 0.1) is 69.0 Å². The fourth-order valence-corrected chi connectivity index (χ4v) is 3.23. The van der Waals surface area contributed by atoms with Gasteiger partial charge >= 0.3 is 0 Å². The highest BCUT2D eigenvalue weighted by molar-refractivity contribution is 5.91. The van der Waals surface area contributed by atoms with E-state index in [2.05, 4.69) is 52.5 Å². The van der Waals surface area contributed by atoms with Gasteiger partial charge < -0.3 is 29.2 Å². The predicted molar refractivity (Wildman–Crippen MR) is 118 cm³/mol. The van der Waals surface area contributed by atoms with Gasteiger partial charge in [0.15, 0.2) is 12.6 Å². The minimum atomic E-state index is -0.373. The average Bonchev–Trinajstić information content (AvgIpc) is 2.47. The van der Waals surface area contributed by atoms with Crippen molar-refractivity contribution in [3.63, 3.8) is 0 Å². The standard InChI is InChI=1S/C21H44N5O3/c1-18(2)21(29)23-11-10-13-25(6,7)17-20(28)22-12-14-26(8,9)16-19(27)15-24(3,4)5/h19,27H,1,10-17H2,2-9H3/q+1/p+2. The molecule has 0 aromatic heterocycles. The Labute approximate surface area is 177 Å². The average molecular weight is 417 g/mol. The van der Waals surface area contributed by atoms with Crippen LogP contribution >= 0.6 is 0 Å². The van der Waals surface area contributed by atoms with Gasteiger partial charge in [0.25, 0.3) is 5.91 Å². The first kappa shape index (κ1) is 27.5. The molecule has 0 aliphatic heterocycles. The highest BCUT2D eigenvalue weighted by Gasteiger charge is 2.25. The first-order valence-electron chi connectivity index (χ1n) is 10.4. The van der Waals surface area contributed by atoms with E-state index in [4.69, 9.17) is 0 Å². The van der Waals surface area contributed by atoms with Crippen molar-refractivity contribution in [2.24, 2.45) is 0 Å². The summed E-state index contributed by atoms with van der Waals surface area (Å²) in [5.41, 5.74) is 0.504. The molecule has 8 heteroatoms. The van der Waals surface area contributed by atoms with Crippen molar-refractivity contribution in [1.29, 1.82) is 0 Å². The van der Waals surface area contributed by atoms with E-state index in [-0.39, 0.29) is 17.9 Å². The predicted octanol–water partition coefficient (Wildman–Crippen LogP) is -0.595. The van der Waals surface area contributed by atoms with Gasteiger partial charge in [-0.15, -0.1) is 0 Å². The molecule has 0 rings (SSSR count). The lowest BCUT2D eigenvalue weighted by Crippen LogP contribution is -2.54. The fourth-order valence-electron chi connectivity index (χ4n) is 3.23. The molecule has 0 aromatic carbocycles. The molecular weight excluding hydrogens is 370 g/mol. The van der Waals surface area contributed by atoms with Crippen LogP contribution in [0.15, 0.2) is 12.2 Å². The van der Waals surface area contributed by atoms with Gasteiger partial charge in [-0.05, 0) is 6.92 Å². The number of hydrogen-bond acceptors (Lipinski definition) is 3. The first-order valence-corrected chi connectivity index (χ1v) is 10.4. The highest BCUT2D eigenvalue weighted by atomic mass is 16.3. The Morgan fingerprint density at radius 1 is 0.897 bits per heavy atom. The number of aliphatic hydroxyl groups is 1. The maximum atomic E-state index is 12.3. The number of carbonyl (C=O) groups is 2. The fraction of sp³-hybridized carbons (Fsp3) is 0.810. The lowest BCUT2D eigenvalue weighted by atomic mass is 10.2. The molecule has 0 heterocycles. The summed E-state index contributed by atoms with van der Waals surface area (Å²) < 4.78 is 1.94. The zero-order chi connectivity index (χ0) is 22.9. The second-order valence-corrected chi connectivity index (χ2v) is 10.5. The van der Waals surface area contributed by atoms with Gasteiger partial charge in [-0.3, -0.25) is 9.59 Å². The lowest BCUT2D eigenvalue weighted by Gasteiger charge is -2.34. The molecule has 8 nitrogen and oxygen atoms in total. The Hall–Kier alpha value is -1.48. The van der Waals surface area contributed by atoms with Gasteiger partial charge in [0.2, 0.25) is 5.91 Å². The largest absolute Gasteiger partial charge is 0.382 e. The Balaban J connectivity index is 4.20. The number of nitrogens with zero attached hydrogens (tertiary/aromatic N) is 3. The third kappa shape index (κ3) is 15.1. The molecule has 29 heavy (non-hydrogen) atoms. The van der Waals surface area contributed by atoms with E-state index in [0.717, 1.165) is 24.0 Å². The van der Waals surface area contributed by atoms with Crippen LogP contribution in [0, 0.1) is 0 Å². The van der Waals surface area contributed by atoms with Gasteiger partial charge in [-0.1, -0.05) is 6.58 Å². The summed E-state index contributed by atoms with van der Waals surface area (Å²) in [6.45, 7) is 9.77. The maximum absolute atomic E-state index is 12.3. The minimum absolute atomic E-state index is 0.0212. The molecular formula is C21H46N5O3+3. The lowest BCUT2D eigenvalue weighted by molar-refractivity contribution is -0.906. The quantitative estimate of drug-likeness (QED) is 0.201. The number of likely N-dealkylation sites (N-methyl/N-ethyl adjacent to an activating group) is 3. The number of aliphatic hydroxyl groups excluding tert-OH is 1. The van der Waals surface area contributed by atoms with Crippen LogP contribution in [0.25, 0.3) is 0 Å². The van der Waals surface area contributed by atoms with Crippen LogP contribution in [0.5, 0.6) is 0 Å². The van der Waals surface area contributed by atoms with Gasteiger partial charge in [-0.2, -0.15) is 0 Å². The Morgan fingerprint density at radius 3 is 2.00 bits per heavy atom. The highest BCUT2D eigenvalue weighted by Crippen LogP contribution is 2.03. The van der Waals surface area contributed by atoms with Crippen molar-refractivity contribution in [2.75, 3.05) is 95.1 Å². The van der Waals surface area contributed by atoms with E-state index in [9.17, 15) is 14.7 Å². The summed E-state index contributed by atoms with van der Waals surface area (Å²) >= 11 is 0. The van der Waals surface area contributed by atoms with Crippen LogP contribution in [-0.2, 0) is 9.59 Å². The molecule has 0 aliphatic carbocycles. The molecule has 0 saturated heterocycles. The van der Waals surface area contributed by atoms with Crippen LogP contribution < -0.4 is 10.6 Å². The number of hydrogen-bond donors (Lipinski definition) is 3. The van der Waals surface area contributed by atoms with E-state index >= 15 is 0 Å². The van der Waals surface area contributed by atoms with Gasteiger partial charge in [0, 0.05) is 18.5 Å². The molecule has 170 valence electrons. The number of carbonyl (C=O) groups excluding carboxylic acids is 2. The first-order chi connectivity index (χ1) is 13.0. The maximum Gasteiger partial charge on any atom is 0.275 e. The molecule has 0 aromatic rings. The summed E-state index contributed by atoms with van der Waals surface area (Å²) in [7, 11) is 14.4. The Kier molecular flexibility index (Phi) is 11.0. The van der Waals surface area contributed by atoms with E-state index in [1.807, 2.05) is 14.1 Å². The van der Waals surface area contributed by atoms with Crippen LogP contribution in [0.2, 0.25) is 0 Å². The molecule has 0 bridgehead atoms. The van der Waals surface area contributed by atoms with E-state index in [1.54, 1.807) is 6.92 Å². The molecule has 3 N–H and O–H groups in total. The molecule has 2 amide bonds. The number of amides is 2. The van der Waals surface area contributed by atoms with Crippen LogP contribution in [-0.4, -0.2) is 132 Å². The number of rotatable bonds is 14. The van der Waals surface area contributed by atoms with Crippen molar-refractivity contribution in [3.05, 3.63) is 12.2 Å². The molecule has 1 atom stereocenters. The molecule has 1 unspecified atom stereocenters. The van der Waals surface area contributed by atoms with E-state index in [1.165, 1.54) is 0 Å². The third-order valence-corrected chi connectivity index (χ3v) is 4.69. The summed E-state index contributed by atoms with van der Waals surface area (Å²) in [6, 6.07) is 0. The molecule has 0 saturated carbocycles. The molecule has 0 aliphatic rings. The second-order valence-electron chi connectivity index (χ2n) is 10.5. The molecule has 0 spiro atoms. The monoisotopic (exact) mass is 416 g/mol. The Morgan fingerprint density at radius 2 is 1.48 bits per heavy atom. The zero-order valence-electron chi connectivity index (χ0n) is 20.0. The van der Waals surface area contributed by atoms with Crippen molar-refractivity contribution in [3.8, 4) is 0 Å². The van der Waals surface area contributed by atoms with E-state index in [0.29, 0.717) is 47.3 Å². The summed E-state index contributed by atoms with van der Waals surface area (Å²) in [6.07, 6.45) is 0.426. The summed E-state index contributed by atoms with van der Waals surface area (Å²) in [5, 5.41) is 16.1. The zero-order valence-corrected chi connectivity index (χ0v) is 20.0. The SMILES string of the molecule is C=C(C)C(=O)NCCC[N+](C)(C)CC(=O)NCC[N+](C)(C)CC(O)C[N+](C)(C)C. The van der Waals surface area contributed by atoms with Crippen molar-refractivity contribution in [1.82, 2.24) is 10.6 Å². The topological polar surface area (TPSA) is 78.4 Å². The normalized spacial score (nSPS) is 13.7. The molecule has 0 radical (unpaired) electrons. The van der Waals surface area contributed by atoms with Crippen LogP contribution in [0.1, 0.15) is 13.3 Å². The third-order valence-electron chi connectivity index (χ3n) is 4.69. The van der Waals surface area contributed by atoms with Crippen LogP contribution in [0.3, 0.4) is 0 Å². The minimum Gasteiger partial charge on any atom is -0.382 e. The van der Waals surface area contributed by atoms with Gasteiger partial charge in [0.1, 0.15) is 13.1 Å². The number of quaternary nitrogens is 3. The smallest absolute Gasteiger partial charge is 0.275 e. The van der Waals surface area contributed by atoms with Crippen molar-refractivity contribution >= 4 is 11.8 Å². The van der Waals surface area contributed by atoms with Crippen molar-refractivity contribution in [2.45, 2.75) is 19.4 Å².